The van der Waals surface area contributed by atoms with Gasteiger partial charge in [0.05, 0.1) is 35.8 Å². The maximum Gasteiger partial charge on any atom is 0.317 e. The Kier molecular flexibility index (Phi) is 6.81. The van der Waals surface area contributed by atoms with Crippen LogP contribution in [0.15, 0.2) is 71.8 Å². The number of benzene rings is 2. The molecule has 3 aromatic rings. The van der Waals surface area contributed by atoms with Gasteiger partial charge in [-0.25, -0.2) is 9.78 Å². The molecule has 1 saturated heterocycles. The van der Waals surface area contributed by atoms with E-state index in [9.17, 15) is 14.7 Å². The molecule has 2 N–H and O–H groups in total. The van der Waals surface area contributed by atoms with E-state index in [0.717, 1.165) is 36.8 Å². The van der Waals surface area contributed by atoms with Crippen molar-refractivity contribution < 1.29 is 9.90 Å². The Morgan fingerprint density at radius 2 is 1.81 bits per heavy atom. The molecular formula is C29H31N5O3. The molecule has 2 fully saturated rings. The van der Waals surface area contributed by atoms with Gasteiger partial charge in [0.15, 0.2) is 0 Å². The van der Waals surface area contributed by atoms with Crippen LogP contribution in [-0.2, 0) is 13.1 Å². The average Bonchev–Trinajstić information content (AvgIpc) is 3.41. The first-order valence-corrected chi connectivity index (χ1v) is 12.8. The van der Waals surface area contributed by atoms with Crippen molar-refractivity contribution in [1.82, 2.24) is 19.8 Å². The second-order valence-electron chi connectivity index (χ2n) is 10.3. The largest absolute Gasteiger partial charge is 0.387 e. The second kappa shape index (κ2) is 10.2. The van der Waals surface area contributed by atoms with Crippen molar-refractivity contribution in [1.29, 1.82) is 5.26 Å². The summed E-state index contributed by atoms with van der Waals surface area (Å²) in [6.45, 7) is 1.39. The molecule has 2 amide bonds. The molecule has 8 heteroatoms. The summed E-state index contributed by atoms with van der Waals surface area (Å²) in [5.41, 5.74) is 1.22. The van der Waals surface area contributed by atoms with Gasteiger partial charge in [0.2, 0.25) is 0 Å². The first-order chi connectivity index (χ1) is 17.9. The van der Waals surface area contributed by atoms with E-state index in [1.54, 1.807) is 17.0 Å². The summed E-state index contributed by atoms with van der Waals surface area (Å²) in [6.07, 6.45) is 5.53. The monoisotopic (exact) mass is 497 g/mol. The normalized spacial score (nSPS) is 20.5. The molecule has 1 aliphatic carbocycles. The quantitative estimate of drug-likeness (QED) is 0.559. The summed E-state index contributed by atoms with van der Waals surface area (Å²) >= 11 is 0. The van der Waals surface area contributed by atoms with E-state index in [0.29, 0.717) is 37.3 Å². The number of piperidine rings is 1. The van der Waals surface area contributed by atoms with Crippen LogP contribution < -0.4 is 10.9 Å². The van der Waals surface area contributed by atoms with E-state index in [2.05, 4.69) is 16.4 Å². The lowest BCUT2D eigenvalue weighted by Crippen LogP contribution is -2.63. The minimum Gasteiger partial charge on any atom is -0.387 e. The summed E-state index contributed by atoms with van der Waals surface area (Å²) in [4.78, 5) is 32.3. The Morgan fingerprint density at radius 1 is 1.08 bits per heavy atom. The highest BCUT2D eigenvalue weighted by molar-refractivity contribution is 5.74. The summed E-state index contributed by atoms with van der Waals surface area (Å²) in [5, 5.41) is 23.9. The van der Waals surface area contributed by atoms with E-state index >= 15 is 0 Å². The number of hydrogen-bond donors (Lipinski definition) is 2. The SMILES string of the molecule is N#Cc1ccc(CNC(=O)N2CC[C@@](O)(Cn3cnc(-c4ccccc4)cc3=O)C3(CCCC3)C2)cc1. The first kappa shape index (κ1) is 24.7. The van der Waals surface area contributed by atoms with E-state index < -0.39 is 11.0 Å². The predicted octanol–water partition coefficient (Wildman–Crippen LogP) is 3.69. The zero-order valence-electron chi connectivity index (χ0n) is 20.8. The van der Waals surface area contributed by atoms with Gasteiger partial charge in [0.25, 0.3) is 5.56 Å². The van der Waals surface area contributed by atoms with Gasteiger partial charge >= 0.3 is 6.03 Å². The number of urea groups is 1. The van der Waals surface area contributed by atoms with Crippen LogP contribution in [-0.4, -0.2) is 44.3 Å². The molecular weight excluding hydrogens is 466 g/mol. The average molecular weight is 498 g/mol. The maximum atomic E-state index is 13.0. The predicted molar refractivity (Wildman–Crippen MR) is 139 cm³/mol. The van der Waals surface area contributed by atoms with Crippen molar-refractivity contribution in [3.8, 4) is 17.3 Å². The molecule has 1 aromatic heterocycles. The number of aromatic nitrogens is 2. The minimum absolute atomic E-state index is 0.161. The number of carbonyl (C=O) groups is 1. The summed E-state index contributed by atoms with van der Waals surface area (Å²) in [6, 6.07) is 20.1. The van der Waals surface area contributed by atoms with Gasteiger partial charge in [-0.2, -0.15) is 5.26 Å². The third-order valence-corrected chi connectivity index (χ3v) is 8.03. The Hall–Kier alpha value is -3.96. The van der Waals surface area contributed by atoms with E-state index in [4.69, 9.17) is 5.26 Å². The number of rotatable bonds is 5. The number of hydrogen-bond acceptors (Lipinski definition) is 5. The van der Waals surface area contributed by atoms with Crippen molar-refractivity contribution in [2.75, 3.05) is 13.1 Å². The fourth-order valence-corrected chi connectivity index (χ4v) is 5.85. The molecule has 1 spiro atoms. The molecule has 1 aliphatic heterocycles. The molecule has 0 radical (unpaired) electrons. The number of aliphatic hydroxyl groups is 1. The van der Waals surface area contributed by atoms with Gasteiger partial charge in [0, 0.05) is 36.7 Å². The number of amides is 2. The Balaban J connectivity index is 1.29. The smallest absolute Gasteiger partial charge is 0.317 e. The molecule has 1 saturated carbocycles. The molecule has 5 rings (SSSR count). The minimum atomic E-state index is -1.10. The van der Waals surface area contributed by atoms with Gasteiger partial charge in [-0.1, -0.05) is 55.3 Å². The molecule has 2 aromatic carbocycles. The third-order valence-electron chi connectivity index (χ3n) is 8.03. The van der Waals surface area contributed by atoms with Crippen LogP contribution in [0, 0.1) is 16.7 Å². The standard InChI is InChI=1S/C29H31N5O3/c30-17-22-8-10-23(11-9-22)18-31-27(36)33-15-14-29(37,28(19-33)12-4-5-13-28)20-34-21-32-25(16-26(34)35)24-6-2-1-3-7-24/h1-3,6-11,16,21,37H,4-5,12-15,18-20H2,(H,31,36)/t29-/m1/s1. The Labute approximate surface area is 216 Å². The number of nitrogens with zero attached hydrogens (tertiary/aromatic N) is 4. The lowest BCUT2D eigenvalue weighted by Gasteiger charge is -2.52. The van der Waals surface area contributed by atoms with Gasteiger partial charge in [-0.15, -0.1) is 0 Å². The lowest BCUT2D eigenvalue weighted by molar-refractivity contribution is -0.135. The lowest BCUT2D eigenvalue weighted by atomic mass is 9.66. The van der Waals surface area contributed by atoms with Crippen molar-refractivity contribution >= 4 is 6.03 Å². The topological polar surface area (TPSA) is 111 Å². The highest BCUT2D eigenvalue weighted by Crippen LogP contribution is 2.51. The molecule has 2 aliphatic rings. The first-order valence-electron chi connectivity index (χ1n) is 12.8. The fraction of sp³-hybridized carbons (Fsp3) is 0.379. The van der Waals surface area contributed by atoms with Crippen LogP contribution in [0.3, 0.4) is 0 Å². The third kappa shape index (κ3) is 5.00. The number of nitrogens with one attached hydrogen (secondary N) is 1. The number of carbonyl (C=O) groups excluding carboxylic acids is 1. The number of nitriles is 1. The maximum absolute atomic E-state index is 13.0. The zero-order valence-corrected chi connectivity index (χ0v) is 20.8. The van der Waals surface area contributed by atoms with E-state index in [1.807, 2.05) is 42.5 Å². The van der Waals surface area contributed by atoms with Crippen molar-refractivity contribution in [2.45, 2.75) is 50.8 Å². The summed E-state index contributed by atoms with van der Waals surface area (Å²) < 4.78 is 1.51. The fourth-order valence-electron chi connectivity index (χ4n) is 5.85. The highest BCUT2D eigenvalue weighted by Gasteiger charge is 2.55. The molecule has 8 nitrogen and oxygen atoms in total. The summed E-state index contributed by atoms with van der Waals surface area (Å²) in [7, 11) is 0. The summed E-state index contributed by atoms with van der Waals surface area (Å²) in [5.74, 6) is 0. The van der Waals surface area contributed by atoms with Crippen LogP contribution in [0.25, 0.3) is 11.3 Å². The van der Waals surface area contributed by atoms with Crippen LogP contribution in [0.1, 0.15) is 43.2 Å². The van der Waals surface area contributed by atoms with E-state index in [1.165, 1.54) is 17.0 Å². The van der Waals surface area contributed by atoms with Gasteiger partial charge in [-0.05, 0) is 37.0 Å². The Bertz CT molecular complexity index is 1360. The second-order valence-corrected chi connectivity index (χ2v) is 10.3. The molecule has 2 heterocycles. The van der Waals surface area contributed by atoms with Crippen molar-refractivity contribution in [2.24, 2.45) is 5.41 Å². The van der Waals surface area contributed by atoms with E-state index in [-0.39, 0.29) is 18.1 Å². The van der Waals surface area contributed by atoms with Crippen molar-refractivity contribution in [3.05, 3.63) is 88.5 Å². The highest BCUT2D eigenvalue weighted by atomic mass is 16.3. The number of likely N-dealkylation sites (tertiary alicyclic amines) is 1. The van der Waals surface area contributed by atoms with Crippen LogP contribution in [0.2, 0.25) is 0 Å². The van der Waals surface area contributed by atoms with Gasteiger partial charge in [0.1, 0.15) is 0 Å². The van der Waals surface area contributed by atoms with Crippen LogP contribution >= 0.6 is 0 Å². The van der Waals surface area contributed by atoms with Crippen LogP contribution in [0.4, 0.5) is 4.79 Å². The van der Waals surface area contributed by atoms with Crippen molar-refractivity contribution in [3.63, 3.8) is 0 Å². The molecule has 0 unspecified atom stereocenters. The Morgan fingerprint density at radius 3 is 2.49 bits per heavy atom. The van der Waals surface area contributed by atoms with Crippen LogP contribution in [0.5, 0.6) is 0 Å². The van der Waals surface area contributed by atoms with Gasteiger partial charge < -0.3 is 15.3 Å². The van der Waals surface area contributed by atoms with Gasteiger partial charge in [-0.3, -0.25) is 9.36 Å². The molecule has 1 atom stereocenters. The molecule has 190 valence electrons. The molecule has 0 bridgehead atoms. The molecule has 37 heavy (non-hydrogen) atoms. The zero-order chi connectivity index (χ0) is 25.9.